The van der Waals surface area contributed by atoms with E-state index >= 15 is 0 Å². The lowest BCUT2D eigenvalue weighted by atomic mass is 9.79. The number of hydrogen-bond acceptors (Lipinski definition) is 4. The van der Waals surface area contributed by atoms with E-state index in [1.807, 2.05) is 42.7 Å². The van der Waals surface area contributed by atoms with Gasteiger partial charge in [0.1, 0.15) is 11.3 Å². The number of benzene rings is 4. The van der Waals surface area contributed by atoms with Gasteiger partial charge in [0.05, 0.1) is 11.3 Å². The highest BCUT2D eigenvalue weighted by atomic mass is 16.3. The van der Waals surface area contributed by atoms with E-state index in [4.69, 9.17) is 15.0 Å². The van der Waals surface area contributed by atoms with Crippen molar-refractivity contribution in [2.75, 3.05) is 0 Å². The summed E-state index contributed by atoms with van der Waals surface area (Å²) in [7, 11) is 0. The zero-order valence-corrected chi connectivity index (χ0v) is 31.1. The molecule has 0 spiro atoms. The first-order chi connectivity index (χ1) is 24.2. The number of aromatic hydroxyl groups is 1. The highest BCUT2D eigenvalue weighted by Crippen LogP contribution is 2.44. The molecule has 51 heavy (non-hydrogen) atoms. The van der Waals surface area contributed by atoms with E-state index < -0.39 is 0 Å². The van der Waals surface area contributed by atoms with Gasteiger partial charge in [-0.1, -0.05) is 89.6 Å². The van der Waals surface area contributed by atoms with E-state index in [-0.39, 0.29) is 16.6 Å². The smallest absolute Gasteiger partial charge is 0.165 e. The van der Waals surface area contributed by atoms with Crippen LogP contribution in [0.1, 0.15) is 69.4 Å². The molecule has 0 radical (unpaired) electrons. The third kappa shape index (κ3) is 6.33. The van der Waals surface area contributed by atoms with Crippen molar-refractivity contribution in [2.24, 2.45) is 0 Å². The molecule has 3 heterocycles. The summed E-state index contributed by atoms with van der Waals surface area (Å²) in [5.74, 6) is 0.894. The van der Waals surface area contributed by atoms with Crippen molar-refractivity contribution in [3.05, 3.63) is 137 Å². The Hall–Kier alpha value is -5.55. The van der Waals surface area contributed by atoms with Gasteiger partial charge < -0.3 is 5.11 Å². The quantitative estimate of drug-likeness (QED) is 0.198. The second kappa shape index (κ2) is 12.6. The van der Waals surface area contributed by atoms with E-state index in [0.717, 1.165) is 55.9 Å². The predicted octanol–water partition coefficient (Wildman–Crippen LogP) is 11.7. The molecule has 0 aliphatic rings. The number of aryl methyl sites for hydroxylation is 3. The summed E-state index contributed by atoms with van der Waals surface area (Å²) < 4.78 is 2.09. The van der Waals surface area contributed by atoms with Crippen LogP contribution in [0.5, 0.6) is 5.75 Å². The minimum absolute atomic E-state index is 0.149. The van der Waals surface area contributed by atoms with Gasteiger partial charge in [-0.05, 0) is 120 Å². The Balaban J connectivity index is 1.56. The van der Waals surface area contributed by atoms with Gasteiger partial charge in [0.15, 0.2) is 11.5 Å². The number of rotatable bonds is 5. The van der Waals surface area contributed by atoms with E-state index in [1.54, 1.807) is 0 Å². The Kier molecular flexibility index (Phi) is 8.41. The normalized spacial score (nSPS) is 12.1. The van der Waals surface area contributed by atoms with Crippen LogP contribution >= 0.6 is 0 Å². The molecule has 1 N–H and O–H groups in total. The minimum Gasteiger partial charge on any atom is -0.507 e. The van der Waals surface area contributed by atoms with E-state index in [2.05, 4.69) is 134 Å². The maximum Gasteiger partial charge on any atom is 0.165 e. The van der Waals surface area contributed by atoms with Crippen molar-refractivity contribution in [2.45, 2.75) is 73.1 Å². The van der Waals surface area contributed by atoms with Gasteiger partial charge in [0.2, 0.25) is 0 Å². The van der Waals surface area contributed by atoms with Gasteiger partial charge >= 0.3 is 0 Å². The van der Waals surface area contributed by atoms with Gasteiger partial charge in [0, 0.05) is 34.8 Å². The van der Waals surface area contributed by atoms with Crippen LogP contribution in [0.4, 0.5) is 0 Å². The van der Waals surface area contributed by atoms with Crippen molar-refractivity contribution in [3.63, 3.8) is 0 Å². The van der Waals surface area contributed by atoms with E-state index in [9.17, 15) is 5.11 Å². The maximum absolute atomic E-state index is 12.1. The first-order valence-corrected chi connectivity index (χ1v) is 17.7. The summed E-state index contributed by atoms with van der Waals surface area (Å²) in [6, 6.07) is 33.7. The molecule has 0 aliphatic heterocycles. The second-order valence-corrected chi connectivity index (χ2v) is 15.8. The summed E-state index contributed by atoms with van der Waals surface area (Å²) in [6.45, 7) is 19.6. The number of para-hydroxylation sites is 1. The average Bonchev–Trinajstić information content (AvgIpc) is 3.47. The van der Waals surface area contributed by atoms with Crippen LogP contribution in [0, 0.1) is 20.8 Å². The summed E-state index contributed by atoms with van der Waals surface area (Å²) in [6.07, 6.45) is 3.70. The van der Waals surface area contributed by atoms with Crippen LogP contribution < -0.4 is 0 Å². The van der Waals surface area contributed by atoms with Crippen LogP contribution in [-0.4, -0.2) is 24.6 Å². The van der Waals surface area contributed by atoms with E-state index in [1.165, 1.54) is 22.3 Å². The largest absolute Gasteiger partial charge is 0.507 e. The lowest BCUT2D eigenvalue weighted by Crippen LogP contribution is -2.17. The molecule has 5 heteroatoms. The van der Waals surface area contributed by atoms with Gasteiger partial charge in [-0.25, -0.2) is 9.97 Å². The molecule has 0 unspecified atom stereocenters. The minimum atomic E-state index is -0.290. The number of fused-ring (bicyclic) bond motifs is 1. The van der Waals surface area contributed by atoms with Crippen molar-refractivity contribution < 1.29 is 5.11 Å². The first-order valence-electron chi connectivity index (χ1n) is 17.7. The molecular formula is C46H46N4O. The third-order valence-electron chi connectivity index (χ3n) is 9.76. The Bertz CT molecular complexity index is 2390. The third-order valence-corrected chi connectivity index (χ3v) is 9.76. The molecule has 0 bridgehead atoms. The maximum atomic E-state index is 12.1. The second-order valence-electron chi connectivity index (χ2n) is 15.8. The average molecular weight is 671 g/mol. The van der Waals surface area contributed by atoms with Crippen LogP contribution in [0.25, 0.3) is 61.8 Å². The molecule has 4 aromatic carbocycles. The fourth-order valence-corrected chi connectivity index (χ4v) is 7.26. The zero-order chi connectivity index (χ0) is 36.2. The Morgan fingerprint density at radius 1 is 0.608 bits per heavy atom. The number of phenolic OH excluding ortho intramolecular Hbond substituents is 1. The number of pyridine rings is 2. The molecule has 0 atom stereocenters. The lowest BCUT2D eigenvalue weighted by Gasteiger charge is -2.27. The Labute approximate surface area is 301 Å². The van der Waals surface area contributed by atoms with Gasteiger partial charge in [0.25, 0.3) is 0 Å². The topological polar surface area (TPSA) is 63.8 Å². The van der Waals surface area contributed by atoms with Crippen LogP contribution in [-0.2, 0) is 10.8 Å². The molecular weight excluding hydrogens is 625 g/mol. The first kappa shape index (κ1) is 33.9. The van der Waals surface area contributed by atoms with E-state index in [0.29, 0.717) is 11.4 Å². The molecule has 0 fully saturated rings. The van der Waals surface area contributed by atoms with Crippen LogP contribution in [0.3, 0.4) is 0 Å². The molecule has 0 saturated carbocycles. The highest BCUT2D eigenvalue weighted by molar-refractivity contribution is 5.96. The standard InChI is InChI=1S/C46H46N4O/c1-28-21-29(2)40(30(3)22-28)33-24-31(23-32(25-33)39-17-13-14-19-47-39)36-18-20-48-44-41(36)49-43(50(44)35-15-11-10-12-16-35)37-26-34(45(4,5)6)27-38(42(37)51)46(7,8)9/h10-27,51H,1-9H3. The molecule has 5 nitrogen and oxygen atoms in total. The molecule has 0 aliphatic carbocycles. The molecule has 7 rings (SSSR count). The summed E-state index contributed by atoms with van der Waals surface area (Å²) in [5, 5.41) is 12.1. The summed E-state index contributed by atoms with van der Waals surface area (Å²) in [4.78, 5) is 15.1. The fraction of sp³-hybridized carbons (Fsp3) is 0.239. The predicted molar refractivity (Wildman–Crippen MR) is 212 cm³/mol. The monoisotopic (exact) mass is 670 g/mol. The fourth-order valence-electron chi connectivity index (χ4n) is 7.26. The van der Waals surface area contributed by atoms with Gasteiger partial charge in [-0.3, -0.25) is 9.55 Å². The number of hydrogen-bond donors (Lipinski definition) is 1. The Morgan fingerprint density at radius 3 is 1.92 bits per heavy atom. The van der Waals surface area contributed by atoms with Crippen LogP contribution in [0.2, 0.25) is 0 Å². The summed E-state index contributed by atoms with van der Waals surface area (Å²) >= 11 is 0. The number of phenols is 1. The van der Waals surface area contributed by atoms with Crippen molar-refractivity contribution in [1.82, 2.24) is 19.5 Å². The number of imidazole rings is 1. The molecule has 7 aromatic rings. The van der Waals surface area contributed by atoms with Gasteiger partial charge in [-0.2, -0.15) is 0 Å². The SMILES string of the molecule is Cc1cc(C)c(-c2cc(-c3ccccn3)cc(-c3ccnc4c3nc(-c3cc(C(C)(C)C)cc(C(C)(C)C)c3O)n4-c3ccccc3)c2)c(C)c1. The molecule has 3 aromatic heterocycles. The number of aromatic nitrogens is 4. The summed E-state index contributed by atoms with van der Waals surface area (Å²) in [5.41, 5.74) is 14.7. The molecule has 0 amide bonds. The zero-order valence-electron chi connectivity index (χ0n) is 31.1. The van der Waals surface area contributed by atoms with Crippen molar-refractivity contribution in [3.8, 4) is 56.3 Å². The highest BCUT2D eigenvalue weighted by Gasteiger charge is 2.29. The van der Waals surface area contributed by atoms with Crippen molar-refractivity contribution >= 4 is 11.2 Å². The lowest BCUT2D eigenvalue weighted by molar-refractivity contribution is 0.446. The Morgan fingerprint density at radius 2 is 1.27 bits per heavy atom. The van der Waals surface area contributed by atoms with Crippen molar-refractivity contribution in [1.29, 1.82) is 0 Å². The van der Waals surface area contributed by atoms with Crippen LogP contribution in [0.15, 0.2) is 109 Å². The number of nitrogens with zero attached hydrogens (tertiary/aromatic N) is 4. The molecule has 0 saturated heterocycles. The molecule has 256 valence electrons. The van der Waals surface area contributed by atoms with Gasteiger partial charge in [-0.15, -0.1) is 0 Å².